The van der Waals surface area contributed by atoms with Crippen LogP contribution in [0.4, 0.5) is 9.18 Å². The standard InChI is InChI=1S/C30H39FN2O5/c1-29(2,3)25-19-32(16-17-33(25)28(35)36)27(34)26(30(37)14-8-5-9-15-30)22-12-13-24(23(31)18-22)38-20-21-10-6-4-7-11-21/h4,6-7,10-13,18,25-26,37H,5,8-9,14-17,19-20H2,1-3H3,(H,35,36). The lowest BCUT2D eigenvalue weighted by atomic mass is 9.72. The molecule has 2 fully saturated rings. The number of carbonyl (C=O) groups is 2. The van der Waals surface area contributed by atoms with Crippen molar-refractivity contribution in [2.24, 2.45) is 5.41 Å². The number of hydrogen-bond donors (Lipinski definition) is 2. The first-order valence-corrected chi connectivity index (χ1v) is 13.5. The highest BCUT2D eigenvalue weighted by Crippen LogP contribution is 2.42. The molecule has 0 bridgehead atoms. The lowest BCUT2D eigenvalue weighted by molar-refractivity contribution is -0.145. The molecule has 1 heterocycles. The first-order chi connectivity index (χ1) is 18.0. The molecule has 1 saturated carbocycles. The van der Waals surface area contributed by atoms with E-state index in [1.165, 1.54) is 17.0 Å². The van der Waals surface area contributed by atoms with Crippen molar-refractivity contribution in [3.63, 3.8) is 0 Å². The predicted molar refractivity (Wildman–Crippen MR) is 143 cm³/mol. The van der Waals surface area contributed by atoms with Crippen molar-refractivity contribution in [1.82, 2.24) is 9.80 Å². The summed E-state index contributed by atoms with van der Waals surface area (Å²) in [6, 6.07) is 13.6. The Morgan fingerprint density at radius 3 is 2.37 bits per heavy atom. The molecule has 0 aromatic heterocycles. The van der Waals surface area contributed by atoms with Gasteiger partial charge in [0.15, 0.2) is 11.6 Å². The van der Waals surface area contributed by atoms with Gasteiger partial charge >= 0.3 is 6.09 Å². The van der Waals surface area contributed by atoms with Gasteiger partial charge in [-0.2, -0.15) is 0 Å². The molecule has 0 radical (unpaired) electrons. The number of hydrogen-bond acceptors (Lipinski definition) is 4. The molecule has 2 atom stereocenters. The van der Waals surface area contributed by atoms with Crippen LogP contribution in [0.25, 0.3) is 0 Å². The van der Waals surface area contributed by atoms with Crippen molar-refractivity contribution in [3.8, 4) is 5.75 Å². The number of aliphatic hydroxyl groups is 1. The molecule has 2 N–H and O–H groups in total. The van der Waals surface area contributed by atoms with E-state index in [2.05, 4.69) is 0 Å². The molecule has 0 spiro atoms. The number of carboxylic acid groups (broad SMARTS) is 1. The number of benzene rings is 2. The highest BCUT2D eigenvalue weighted by atomic mass is 19.1. The summed E-state index contributed by atoms with van der Waals surface area (Å²) in [4.78, 5) is 29.0. The molecule has 2 unspecified atom stereocenters. The van der Waals surface area contributed by atoms with E-state index in [4.69, 9.17) is 4.74 Å². The fourth-order valence-corrected chi connectivity index (χ4v) is 5.82. The van der Waals surface area contributed by atoms with E-state index >= 15 is 4.39 Å². The van der Waals surface area contributed by atoms with Gasteiger partial charge in [0.05, 0.1) is 17.6 Å². The van der Waals surface area contributed by atoms with Gasteiger partial charge in [-0.05, 0) is 41.5 Å². The number of amides is 2. The molecule has 2 aliphatic rings. The number of carbonyl (C=O) groups excluding carboxylic acids is 1. The van der Waals surface area contributed by atoms with Crippen molar-refractivity contribution in [3.05, 3.63) is 65.5 Å². The molecule has 1 aliphatic carbocycles. The minimum Gasteiger partial charge on any atom is -0.486 e. The van der Waals surface area contributed by atoms with Crippen LogP contribution in [0.15, 0.2) is 48.5 Å². The maximum atomic E-state index is 15.3. The third-order valence-corrected chi connectivity index (χ3v) is 7.97. The Bertz CT molecular complexity index is 1130. The minimum absolute atomic E-state index is 0.0855. The third kappa shape index (κ3) is 6.12. The average Bonchev–Trinajstić information content (AvgIpc) is 2.88. The summed E-state index contributed by atoms with van der Waals surface area (Å²) in [5.74, 6) is -1.73. The molecule has 2 aromatic carbocycles. The normalized spacial score (nSPS) is 20.6. The second-order valence-electron chi connectivity index (χ2n) is 11.7. The molecule has 8 heteroatoms. The lowest BCUT2D eigenvalue weighted by Gasteiger charge is -2.48. The van der Waals surface area contributed by atoms with Gasteiger partial charge in [0.1, 0.15) is 6.61 Å². The van der Waals surface area contributed by atoms with Crippen LogP contribution in [-0.4, -0.2) is 63.3 Å². The van der Waals surface area contributed by atoms with Gasteiger partial charge in [0.25, 0.3) is 0 Å². The van der Waals surface area contributed by atoms with Crippen molar-refractivity contribution in [2.75, 3.05) is 19.6 Å². The number of halogens is 1. The van der Waals surface area contributed by atoms with Gasteiger partial charge in [0.2, 0.25) is 5.91 Å². The molecule has 1 aliphatic heterocycles. The first kappa shape index (κ1) is 27.9. The zero-order valence-corrected chi connectivity index (χ0v) is 22.5. The Kier molecular flexibility index (Phi) is 8.31. The minimum atomic E-state index is -1.30. The van der Waals surface area contributed by atoms with Gasteiger partial charge in [-0.25, -0.2) is 9.18 Å². The zero-order valence-electron chi connectivity index (χ0n) is 22.5. The number of rotatable bonds is 6. The Morgan fingerprint density at radius 2 is 1.76 bits per heavy atom. The Hall–Kier alpha value is -3.13. The van der Waals surface area contributed by atoms with Crippen LogP contribution >= 0.6 is 0 Å². The van der Waals surface area contributed by atoms with Crippen LogP contribution in [0.3, 0.4) is 0 Å². The molecule has 7 nitrogen and oxygen atoms in total. The topological polar surface area (TPSA) is 90.3 Å². The highest BCUT2D eigenvalue weighted by Gasteiger charge is 2.47. The van der Waals surface area contributed by atoms with E-state index in [0.717, 1.165) is 24.8 Å². The van der Waals surface area contributed by atoms with Crippen molar-refractivity contribution in [2.45, 2.75) is 77.0 Å². The summed E-state index contributed by atoms with van der Waals surface area (Å²) in [7, 11) is 0. The van der Waals surface area contributed by atoms with Gasteiger partial charge in [-0.15, -0.1) is 0 Å². The Labute approximate surface area is 224 Å². The second-order valence-corrected chi connectivity index (χ2v) is 11.7. The van der Waals surface area contributed by atoms with Crippen LogP contribution in [0.2, 0.25) is 0 Å². The van der Waals surface area contributed by atoms with Crippen molar-refractivity contribution < 1.29 is 28.9 Å². The summed E-state index contributed by atoms with van der Waals surface area (Å²) < 4.78 is 21.0. The number of ether oxygens (including phenoxy) is 1. The lowest BCUT2D eigenvalue weighted by Crippen LogP contribution is -2.62. The average molecular weight is 527 g/mol. The maximum absolute atomic E-state index is 15.3. The van der Waals surface area contributed by atoms with Gasteiger partial charge < -0.3 is 24.7 Å². The van der Waals surface area contributed by atoms with Gasteiger partial charge in [-0.1, -0.05) is 76.4 Å². The summed E-state index contributed by atoms with van der Waals surface area (Å²) in [6.45, 7) is 6.72. The fourth-order valence-electron chi connectivity index (χ4n) is 5.82. The molecular weight excluding hydrogens is 487 g/mol. The number of piperazine rings is 1. The van der Waals surface area contributed by atoms with Crippen LogP contribution in [0.5, 0.6) is 5.75 Å². The monoisotopic (exact) mass is 526 g/mol. The summed E-state index contributed by atoms with van der Waals surface area (Å²) in [5.41, 5.74) is -0.361. The van der Waals surface area contributed by atoms with Crippen molar-refractivity contribution in [1.29, 1.82) is 0 Å². The molecule has 4 rings (SSSR count). The quantitative estimate of drug-likeness (QED) is 0.525. The maximum Gasteiger partial charge on any atom is 0.407 e. The van der Waals surface area contributed by atoms with E-state index < -0.39 is 34.9 Å². The van der Waals surface area contributed by atoms with E-state index in [9.17, 15) is 19.8 Å². The van der Waals surface area contributed by atoms with E-state index in [0.29, 0.717) is 18.4 Å². The third-order valence-electron chi connectivity index (χ3n) is 7.97. The first-order valence-electron chi connectivity index (χ1n) is 13.5. The largest absolute Gasteiger partial charge is 0.486 e. The summed E-state index contributed by atoms with van der Waals surface area (Å²) >= 11 is 0. The van der Waals surface area contributed by atoms with Crippen LogP contribution in [0, 0.1) is 11.2 Å². The predicted octanol–water partition coefficient (Wildman–Crippen LogP) is 5.42. The highest BCUT2D eigenvalue weighted by molar-refractivity contribution is 5.85. The summed E-state index contributed by atoms with van der Waals surface area (Å²) in [6.07, 6.45) is 2.46. The fraction of sp³-hybridized carbons (Fsp3) is 0.533. The Balaban J connectivity index is 1.61. The SMILES string of the molecule is CC(C)(C)C1CN(C(=O)C(c2ccc(OCc3ccccc3)c(F)c2)C2(O)CCCCC2)CCN1C(=O)O. The zero-order chi connectivity index (χ0) is 27.5. The van der Waals surface area contributed by atoms with Crippen LogP contribution in [-0.2, 0) is 11.4 Å². The Morgan fingerprint density at radius 1 is 1.08 bits per heavy atom. The van der Waals surface area contributed by atoms with E-state index in [1.54, 1.807) is 11.0 Å². The van der Waals surface area contributed by atoms with E-state index in [-0.39, 0.29) is 37.9 Å². The van der Waals surface area contributed by atoms with Crippen LogP contribution in [0.1, 0.15) is 69.9 Å². The molecular formula is C30H39FN2O5. The molecule has 38 heavy (non-hydrogen) atoms. The van der Waals surface area contributed by atoms with Gasteiger partial charge in [-0.3, -0.25) is 4.79 Å². The van der Waals surface area contributed by atoms with E-state index in [1.807, 2.05) is 51.1 Å². The molecule has 2 amide bonds. The number of nitrogens with zero attached hydrogens (tertiary/aromatic N) is 2. The molecule has 2 aromatic rings. The van der Waals surface area contributed by atoms with Crippen molar-refractivity contribution >= 4 is 12.0 Å². The smallest absolute Gasteiger partial charge is 0.407 e. The van der Waals surface area contributed by atoms with Crippen LogP contribution < -0.4 is 4.74 Å². The molecule has 1 saturated heterocycles. The molecule has 206 valence electrons. The second kappa shape index (κ2) is 11.3. The van der Waals surface area contributed by atoms with Gasteiger partial charge in [0, 0.05) is 19.6 Å². The summed E-state index contributed by atoms with van der Waals surface area (Å²) in [5, 5.41) is 21.5.